The van der Waals surface area contributed by atoms with Crippen molar-refractivity contribution in [2.45, 2.75) is 5.75 Å². The lowest BCUT2D eigenvalue weighted by Crippen LogP contribution is -1.92. The number of pyridine rings is 1. The van der Waals surface area contributed by atoms with Crippen molar-refractivity contribution >= 4 is 34.4 Å². The van der Waals surface area contributed by atoms with Gasteiger partial charge in [-0.1, -0.05) is 0 Å². The molecule has 0 aliphatic carbocycles. The van der Waals surface area contributed by atoms with Crippen LogP contribution in [-0.2, 0) is 5.75 Å². The molecule has 0 N–H and O–H groups in total. The van der Waals surface area contributed by atoms with Gasteiger partial charge in [0, 0.05) is 21.6 Å². The highest BCUT2D eigenvalue weighted by molar-refractivity contribution is 14.1. The van der Waals surface area contributed by atoms with Crippen LogP contribution < -0.4 is 4.74 Å². The molecule has 0 amide bonds. The summed E-state index contributed by atoms with van der Waals surface area (Å²) in [6.45, 7) is 0. The van der Waals surface area contributed by atoms with Crippen LogP contribution >= 0.6 is 34.4 Å². The van der Waals surface area contributed by atoms with Gasteiger partial charge in [-0.2, -0.15) is 11.8 Å². The Morgan fingerprint density at radius 2 is 2.42 bits per heavy atom. The predicted octanol–water partition coefficient (Wildman–Crippen LogP) is 2.56. The summed E-state index contributed by atoms with van der Waals surface area (Å²) in [6.07, 6.45) is 3.96. The summed E-state index contributed by atoms with van der Waals surface area (Å²) in [4.78, 5) is 4.14. The van der Waals surface area contributed by atoms with Gasteiger partial charge in [0.1, 0.15) is 0 Å². The van der Waals surface area contributed by atoms with Gasteiger partial charge in [-0.15, -0.1) is 0 Å². The van der Waals surface area contributed by atoms with E-state index in [-0.39, 0.29) is 0 Å². The lowest BCUT2D eigenvalue weighted by Gasteiger charge is -2.03. The second-order valence-electron chi connectivity index (χ2n) is 2.25. The topological polar surface area (TPSA) is 22.1 Å². The number of nitrogens with zero attached hydrogens (tertiary/aromatic N) is 1. The van der Waals surface area contributed by atoms with Crippen LogP contribution in [0.2, 0.25) is 0 Å². The standard InChI is InChI=1S/C8H10INOS/c1-11-8-3-7(9)6(4-10-8)5-12-2/h3-4H,5H2,1-2H3. The highest BCUT2D eigenvalue weighted by atomic mass is 127. The molecular formula is C8H10INOS. The zero-order valence-electron chi connectivity index (χ0n) is 7.00. The molecule has 1 aromatic rings. The number of methoxy groups -OCH3 is 1. The average Bonchev–Trinajstić information content (AvgIpc) is 2.09. The first-order valence-electron chi connectivity index (χ1n) is 3.45. The van der Waals surface area contributed by atoms with E-state index in [0.717, 1.165) is 5.75 Å². The third-order valence-corrected chi connectivity index (χ3v) is 3.02. The van der Waals surface area contributed by atoms with Crippen molar-refractivity contribution in [2.24, 2.45) is 0 Å². The predicted molar refractivity (Wildman–Crippen MR) is 60.7 cm³/mol. The summed E-state index contributed by atoms with van der Waals surface area (Å²) in [7, 11) is 1.63. The minimum atomic E-state index is 0.684. The lowest BCUT2D eigenvalue weighted by molar-refractivity contribution is 0.397. The van der Waals surface area contributed by atoms with Crippen LogP contribution in [0.4, 0.5) is 0 Å². The third kappa shape index (κ3) is 2.52. The Balaban J connectivity index is 2.87. The summed E-state index contributed by atoms with van der Waals surface area (Å²) in [5, 5.41) is 0. The van der Waals surface area contributed by atoms with E-state index in [1.807, 2.05) is 12.3 Å². The Labute approximate surface area is 90.2 Å². The van der Waals surface area contributed by atoms with Gasteiger partial charge in [0.15, 0.2) is 0 Å². The van der Waals surface area contributed by atoms with Gasteiger partial charge in [0.25, 0.3) is 0 Å². The molecule has 0 spiro atoms. The van der Waals surface area contributed by atoms with Crippen LogP contribution in [0.25, 0.3) is 0 Å². The first kappa shape index (κ1) is 10.1. The summed E-state index contributed by atoms with van der Waals surface area (Å²) >= 11 is 4.10. The van der Waals surface area contributed by atoms with Crippen LogP contribution in [0.15, 0.2) is 12.3 Å². The zero-order chi connectivity index (χ0) is 8.97. The maximum absolute atomic E-state index is 5.01. The molecule has 0 radical (unpaired) electrons. The van der Waals surface area contributed by atoms with E-state index in [1.165, 1.54) is 9.13 Å². The molecule has 2 nitrogen and oxygen atoms in total. The SMILES string of the molecule is COc1cc(I)c(CSC)cn1. The molecule has 1 heterocycles. The summed E-state index contributed by atoms with van der Waals surface area (Å²) in [6, 6.07) is 1.95. The number of thioether (sulfide) groups is 1. The third-order valence-electron chi connectivity index (χ3n) is 1.41. The molecule has 1 aromatic heterocycles. The van der Waals surface area contributed by atoms with E-state index >= 15 is 0 Å². The van der Waals surface area contributed by atoms with Crippen LogP contribution in [0, 0.1) is 3.57 Å². The number of ether oxygens (including phenoxy) is 1. The smallest absolute Gasteiger partial charge is 0.213 e. The van der Waals surface area contributed by atoms with Crippen molar-refractivity contribution in [1.29, 1.82) is 0 Å². The fourth-order valence-electron chi connectivity index (χ4n) is 0.815. The molecule has 12 heavy (non-hydrogen) atoms. The molecule has 0 aliphatic rings. The lowest BCUT2D eigenvalue weighted by atomic mass is 10.3. The highest BCUT2D eigenvalue weighted by Crippen LogP contribution is 2.19. The Morgan fingerprint density at radius 1 is 1.67 bits per heavy atom. The summed E-state index contributed by atoms with van der Waals surface area (Å²) < 4.78 is 6.22. The molecule has 0 saturated heterocycles. The van der Waals surface area contributed by atoms with Gasteiger partial charge in [-0.25, -0.2) is 4.98 Å². The summed E-state index contributed by atoms with van der Waals surface area (Å²) in [5.41, 5.74) is 1.27. The van der Waals surface area contributed by atoms with Crippen molar-refractivity contribution < 1.29 is 4.74 Å². The fourth-order valence-corrected chi connectivity index (χ4v) is 2.21. The van der Waals surface area contributed by atoms with Crippen LogP contribution in [-0.4, -0.2) is 18.3 Å². The molecular weight excluding hydrogens is 285 g/mol. The minimum absolute atomic E-state index is 0.684. The number of rotatable bonds is 3. The van der Waals surface area contributed by atoms with Crippen molar-refractivity contribution in [1.82, 2.24) is 4.98 Å². The van der Waals surface area contributed by atoms with Crippen LogP contribution in [0.1, 0.15) is 5.56 Å². The molecule has 0 atom stereocenters. The molecule has 0 aliphatic heterocycles. The Morgan fingerprint density at radius 3 is 2.92 bits per heavy atom. The van der Waals surface area contributed by atoms with E-state index < -0.39 is 0 Å². The average molecular weight is 295 g/mol. The van der Waals surface area contributed by atoms with Crippen LogP contribution in [0.5, 0.6) is 5.88 Å². The molecule has 66 valence electrons. The molecule has 0 unspecified atom stereocenters. The molecule has 0 fully saturated rings. The monoisotopic (exact) mass is 295 g/mol. The normalized spacial score (nSPS) is 9.92. The first-order chi connectivity index (χ1) is 5.77. The van der Waals surface area contributed by atoms with Crippen molar-refractivity contribution in [3.05, 3.63) is 21.4 Å². The van der Waals surface area contributed by atoms with Gasteiger partial charge >= 0.3 is 0 Å². The number of hydrogen-bond acceptors (Lipinski definition) is 3. The van der Waals surface area contributed by atoms with E-state index in [2.05, 4.69) is 33.8 Å². The molecule has 0 bridgehead atoms. The van der Waals surface area contributed by atoms with Crippen molar-refractivity contribution in [3.63, 3.8) is 0 Å². The van der Waals surface area contributed by atoms with Crippen molar-refractivity contribution in [3.8, 4) is 5.88 Å². The number of halogens is 1. The van der Waals surface area contributed by atoms with Gasteiger partial charge in [-0.3, -0.25) is 0 Å². The quantitative estimate of drug-likeness (QED) is 0.800. The highest BCUT2D eigenvalue weighted by Gasteiger charge is 2.01. The second kappa shape index (κ2) is 4.91. The zero-order valence-corrected chi connectivity index (χ0v) is 9.98. The van der Waals surface area contributed by atoms with Gasteiger partial charge in [0.05, 0.1) is 7.11 Å². The summed E-state index contributed by atoms with van der Waals surface area (Å²) in [5.74, 6) is 1.69. The molecule has 1 rings (SSSR count). The number of aromatic nitrogens is 1. The van der Waals surface area contributed by atoms with E-state index in [9.17, 15) is 0 Å². The van der Waals surface area contributed by atoms with Gasteiger partial charge < -0.3 is 4.74 Å². The first-order valence-corrected chi connectivity index (χ1v) is 5.92. The second-order valence-corrected chi connectivity index (χ2v) is 4.28. The van der Waals surface area contributed by atoms with Gasteiger partial charge in [0.2, 0.25) is 5.88 Å². The van der Waals surface area contributed by atoms with Gasteiger partial charge in [-0.05, 0) is 34.4 Å². The largest absolute Gasteiger partial charge is 0.481 e. The van der Waals surface area contributed by atoms with E-state index in [4.69, 9.17) is 4.74 Å². The molecule has 4 heteroatoms. The van der Waals surface area contributed by atoms with E-state index in [1.54, 1.807) is 18.9 Å². The Kier molecular flexibility index (Phi) is 4.14. The fraction of sp³-hybridized carbons (Fsp3) is 0.375. The van der Waals surface area contributed by atoms with Crippen molar-refractivity contribution in [2.75, 3.05) is 13.4 Å². The maximum Gasteiger partial charge on any atom is 0.213 e. The maximum atomic E-state index is 5.01. The molecule has 0 aromatic carbocycles. The number of hydrogen-bond donors (Lipinski definition) is 0. The molecule has 0 saturated carbocycles. The minimum Gasteiger partial charge on any atom is -0.481 e. The van der Waals surface area contributed by atoms with Crippen LogP contribution in [0.3, 0.4) is 0 Å². The Hall–Kier alpha value is 0.0300. The Bertz CT molecular complexity index is 267. The van der Waals surface area contributed by atoms with E-state index in [0.29, 0.717) is 5.88 Å².